The van der Waals surface area contributed by atoms with Gasteiger partial charge < -0.3 is 30.3 Å². The van der Waals surface area contributed by atoms with Gasteiger partial charge in [-0.3, -0.25) is 0 Å². The molecule has 0 fully saturated rings. The predicted molar refractivity (Wildman–Crippen MR) is 36.8 cm³/mol. The molecule has 0 saturated heterocycles. The molecular formula is C6H11KO6. The molecule has 0 spiro atoms. The molecule has 0 aromatic heterocycles. The molecule has 0 aliphatic carbocycles. The summed E-state index contributed by atoms with van der Waals surface area (Å²) in [4.78, 5) is 9.77. The van der Waals surface area contributed by atoms with E-state index in [0.717, 1.165) is 6.29 Å². The van der Waals surface area contributed by atoms with Crippen molar-refractivity contribution in [3.63, 3.8) is 0 Å². The second-order valence-electron chi connectivity index (χ2n) is 2.29. The van der Waals surface area contributed by atoms with Crippen molar-refractivity contribution in [2.45, 2.75) is 24.4 Å². The Kier molecular flexibility index (Phi) is 10.7. The van der Waals surface area contributed by atoms with Crippen molar-refractivity contribution in [1.82, 2.24) is 0 Å². The zero-order valence-electron chi connectivity index (χ0n) is 7.16. The molecule has 4 atom stereocenters. The summed E-state index contributed by atoms with van der Waals surface area (Å²) in [6, 6.07) is 0. The van der Waals surface area contributed by atoms with Crippen molar-refractivity contribution in [3.8, 4) is 0 Å². The van der Waals surface area contributed by atoms with Crippen molar-refractivity contribution < 1.29 is 81.7 Å². The van der Waals surface area contributed by atoms with E-state index in [-0.39, 0.29) is 51.4 Å². The topological polar surface area (TPSA) is 118 Å². The van der Waals surface area contributed by atoms with E-state index in [0.29, 0.717) is 0 Å². The van der Waals surface area contributed by atoms with Crippen LogP contribution in [0.25, 0.3) is 0 Å². The molecule has 7 heteroatoms. The van der Waals surface area contributed by atoms with Crippen molar-refractivity contribution in [1.29, 1.82) is 0 Å². The van der Waals surface area contributed by atoms with Crippen LogP contribution in [0.3, 0.4) is 0 Å². The van der Waals surface area contributed by atoms with Gasteiger partial charge in [0.2, 0.25) is 0 Å². The van der Waals surface area contributed by atoms with E-state index in [1.54, 1.807) is 0 Å². The van der Waals surface area contributed by atoms with Gasteiger partial charge in [0.15, 0.2) is 0 Å². The molecule has 0 radical (unpaired) electrons. The Morgan fingerprint density at radius 2 is 1.54 bits per heavy atom. The Labute approximate surface area is 118 Å². The fourth-order valence-electron chi connectivity index (χ4n) is 0.592. The van der Waals surface area contributed by atoms with E-state index in [1.807, 2.05) is 0 Å². The van der Waals surface area contributed by atoms with E-state index >= 15 is 0 Å². The smallest absolute Gasteiger partial charge is 0.539 e. The first-order valence-corrected chi connectivity index (χ1v) is 3.25. The molecule has 0 aliphatic heterocycles. The summed E-state index contributed by atoms with van der Waals surface area (Å²) in [5, 5.41) is 43.4. The Morgan fingerprint density at radius 1 is 1.08 bits per heavy atom. The Morgan fingerprint density at radius 3 is 1.85 bits per heavy atom. The number of hydrogen-bond acceptors (Lipinski definition) is 6. The Bertz CT molecular complexity index is 143. The van der Waals surface area contributed by atoms with Crippen LogP contribution in [0.4, 0.5) is 0 Å². The van der Waals surface area contributed by atoms with E-state index in [4.69, 9.17) is 25.5 Å². The Hall–Kier alpha value is 1.11. The molecule has 72 valence electrons. The van der Waals surface area contributed by atoms with Crippen LogP contribution in [-0.4, -0.2) is 62.8 Å². The van der Waals surface area contributed by atoms with E-state index in [1.165, 1.54) is 0 Å². The van der Waals surface area contributed by atoms with Crippen molar-refractivity contribution in [2.24, 2.45) is 0 Å². The summed E-state index contributed by atoms with van der Waals surface area (Å²) in [5.74, 6) is 0. The number of carbonyl (C=O) groups excluding carboxylic acids is 1. The van der Waals surface area contributed by atoms with Crippen LogP contribution in [-0.2, 0) is 4.79 Å². The first-order valence-electron chi connectivity index (χ1n) is 3.25. The number of rotatable bonds is 5. The zero-order valence-corrected chi connectivity index (χ0v) is 10.3. The van der Waals surface area contributed by atoms with Gasteiger partial charge >= 0.3 is 51.4 Å². The SMILES string of the molecule is O=[C-][C@H](O)[C@@H](O)[C@H](O)[C@H](O)CO.[K+]. The molecular weight excluding hydrogens is 207 g/mol. The number of aliphatic hydroxyl groups excluding tert-OH is 5. The minimum absolute atomic E-state index is 0. The van der Waals surface area contributed by atoms with Gasteiger partial charge in [-0.05, 0) is 6.10 Å². The molecule has 0 saturated carbocycles. The van der Waals surface area contributed by atoms with Crippen LogP contribution in [0.5, 0.6) is 0 Å². The molecule has 0 aromatic carbocycles. The maximum atomic E-state index is 9.77. The molecule has 5 N–H and O–H groups in total. The average molecular weight is 218 g/mol. The number of aliphatic hydroxyl groups is 5. The minimum atomic E-state index is -1.89. The van der Waals surface area contributed by atoms with Crippen LogP contribution in [0, 0.1) is 0 Å². The van der Waals surface area contributed by atoms with Crippen LogP contribution in [0.2, 0.25) is 0 Å². The van der Waals surface area contributed by atoms with Gasteiger partial charge in [-0.15, -0.1) is 0 Å². The van der Waals surface area contributed by atoms with Gasteiger partial charge in [-0.25, -0.2) is 6.29 Å². The summed E-state index contributed by atoms with van der Waals surface area (Å²) in [6.45, 7) is -0.774. The quantitative estimate of drug-likeness (QED) is 0.231. The maximum absolute atomic E-state index is 9.77. The summed E-state index contributed by atoms with van der Waals surface area (Å²) >= 11 is 0. The van der Waals surface area contributed by atoms with Crippen LogP contribution in [0.15, 0.2) is 0 Å². The van der Waals surface area contributed by atoms with Gasteiger partial charge in [0.05, 0.1) is 12.7 Å². The van der Waals surface area contributed by atoms with E-state index in [9.17, 15) is 4.79 Å². The van der Waals surface area contributed by atoms with Crippen molar-refractivity contribution >= 4 is 6.29 Å². The Balaban J connectivity index is 0. The summed E-state index contributed by atoms with van der Waals surface area (Å²) in [5.41, 5.74) is 0. The molecule has 0 aromatic rings. The van der Waals surface area contributed by atoms with Crippen LogP contribution >= 0.6 is 0 Å². The van der Waals surface area contributed by atoms with Gasteiger partial charge in [0, 0.05) is 0 Å². The third-order valence-electron chi connectivity index (χ3n) is 1.38. The summed E-state index contributed by atoms with van der Waals surface area (Å²) in [7, 11) is 0. The molecule has 0 aliphatic rings. The fraction of sp³-hybridized carbons (Fsp3) is 0.833. The number of hydrogen-bond donors (Lipinski definition) is 5. The zero-order chi connectivity index (χ0) is 9.72. The van der Waals surface area contributed by atoms with Gasteiger partial charge in [0.25, 0.3) is 0 Å². The predicted octanol–water partition coefficient (Wildman–Crippen LogP) is -6.46. The fourth-order valence-corrected chi connectivity index (χ4v) is 0.592. The first-order chi connectivity index (χ1) is 5.54. The van der Waals surface area contributed by atoms with E-state index in [2.05, 4.69) is 0 Å². The standard InChI is InChI=1S/C6H11O6.K/c7-1-3(9)5(11)6(12)4(10)2-8;/h3-7,9-12H,1H2;/q-1;+1/t3-,4+,5-,6-;/m1./s1. The average Bonchev–Trinajstić information content (AvgIpc) is 2.12. The van der Waals surface area contributed by atoms with E-state index < -0.39 is 31.0 Å². The molecule has 6 nitrogen and oxygen atoms in total. The second kappa shape index (κ2) is 8.42. The van der Waals surface area contributed by atoms with Gasteiger partial charge in [-0.2, -0.15) is 0 Å². The molecule has 0 rings (SSSR count). The molecule has 0 amide bonds. The molecule has 0 bridgehead atoms. The molecule has 13 heavy (non-hydrogen) atoms. The minimum Gasteiger partial charge on any atom is -0.539 e. The first kappa shape index (κ1) is 16.5. The summed E-state index contributed by atoms with van der Waals surface area (Å²) in [6.07, 6.45) is -6.07. The third-order valence-corrected chi connectivity index (χ3v) is 1.38. The summed E-state index contributed by atoms with van der Waals surface area (Å²) < 4.78 is 0. The molecule has 0 heterocycles. The van der Waals surface area contributed by atoms with Crippen LogP contribution in [0.1, 0.15) is 0 Å². The van der Waals surface area contributed by atoms with Crippen LogP contribution < -0.4 is 51.4 Å². The monoisotopic (exact) mass is 218 g/mol. The third kappa shape index (κ3) is 5.52. The molecule has 0 unspecified atom stereocenters. The largest absolute Gasteiger partial charge is 1.00 e. The maximum Gasteiger partial charge on any atom is 1.00 e. The second-order valence-corrected chi connectivity index (χ2v) is 2.29. The van der Waals surface area contributed by atoms with Crippen molar-refractivity contribution in [3.05, 3.63) is 0 Å². The van der Waals surface area contributed by atoms with Gasteiger partial charge in [0.1, 0.15) is 12.2 Å². The van der Waals surface area contributed by atoms with Gasteiger partial charge in [-0.1, -0.05) is 0 Å². The van der Waals surface area contributed by atoms with Crippen molar-refractivity contribution in [2.75, 3.05) is 6.61 Å². The normalized spacial score (nSPS) is 19.5.